The topological polar surface area (TPSA) is 32.3 Å². The highest BCUT2D eigenvalue weighted by Gasteiger charge is 2.03. The minimum absolute atomic E-state index is 0.0811. The van der Waals surface area contributed by atoms with Gasteiger partial charge in [-0.15, -0.1) is 0 Å². The second-order valence-electron chi connectivity index (χ2n) is 3.70. The molecule has 3 heteroatoms. The largest absolute Gasteiger partial charge is 0.395 e. The third-order valence-corrected chi connectivity index (χ3v) is 2.51. The summed E-state index contributed by atoms with van der Waals surface area (Å²) < 4.78 is 12.9. The molecule has 0 aliphatic heterocycles. The number of nitrogens with one attached hydrogen (secondary N) is 1. The number of para-hydroxylation sites is 1. The van der Waals surface area contributed by atoms with Crippen LogP contribution in [0.5, 0.6) is 0 Å². The first kappa shape index (κ1) is 11.6. The van der Waals surface area contributed by atoms with Gasteiger partial charge in [0.2, 0.25) is 0 Å². The van der Waals surface area contributed by atoms with Crippen LogP contribution in [0.3, 0.4) is 0 Å². The number of hydrogen-bond acceptors (Lipinski definition) is 2. The van der Waals surface area contributed by atoms with Crippen molar-refractivity contribution in [3.05, 3.63) is 54.3 Å². The summed E-state index contributed by atoms with van der Waals surface area (Å²) in [6, 6.07) is 14.1. The number of aliphatic hydroxyl groups excluding tert-OH is 1. The van der Waals surface area contributed by atoms with E-state index < -0.39 is 0 Å². The van der Waals surface area contributed by atoms with Crippen molar-refractivity contribution in [2.45, 2.75) is 0 Å². The molecular weight excluding hydrogens is 217 g/mol. The highest BCUT2D eigenvalue weighted by Crippen LogP contribution is 2.27. The third kappa shape index (κ3) is 2.82. The number of rotatable bonds is 4. The predicted octanol–water partition coefficient (Wildman–Crippen LogP) is 2.90. The van der Waals surface area contributed by atoms with Crippen LogP contribution in [0.2, 0.25) is 0 Å². The van der Waals surface area contributed by atoms with Crippen molar-refractivity contribution < 1.29 is 9.50 Å². The maximum absolute atomic E-state index is 12.9. The molecule has 2 aromatic carbocycles. The van der Waals surface area contributed by atoms with Gasteiger partial charge in [-0.3, -0.25) is 0 Å². The highest BCUT2D eigenvalue weighted by atomic mass is 19.1. The molecule has 0 unspecified atom stereocenters. The Hall–Kier alpha value is -1.87. The van der Waals surface area contributed by atoms with Gasteiger partial charge in [-0.25, -0.2) is 4.39 Å². The first-order chi connectivity index (χ1) is 8.31. The lowest BCUT2D eigenvalue weighted by molar-refractivity contribution is 0.311. The van der Waals surface area contributed by atoms with E-state index in [1.54, 1.807) is 12.1 Å². The lowest BCUT2D eigenvalue weighted by Crippen LogP contribution is -2.06. The van der Waals surface area contributed by atoms with Crippen molar-refractivity contribution in [2.24, 2.45) is 0 Å². The van der Waals surface area contributed by atoms with E-state index in [4.69, 9.17) is 5.11 Å². The Bertz CT molecular complexity index is 482. The zero-order valence-corrected chi connectivity index (χ0v) is 9.36. The Morgan fingerprint density at radius 1 is 1.00 bits per heavy atom. The standard InChI is InChI=1S/C14H14FNO/c15-12-7-5-11(6-8-12)13-3-1-2-4-14(13)16-9-10-17/h1-8,16-17H,9-10H2. The third-order valence-electron chi connectivity index (χ3n) is 2.51. The Morgan fingerprint density at radius 2 is 1.71 bits per heavy atom. The van der Waals surface area contributed by atoms with E-state index in [2.05, 4.69) is 5.32 Å². The fourth-order valence-electron chi connectivity index (χ4n) is 1.71. The normalized spacial score (nSPS) is 10.2. The van der Waals surface area contributed by atoms with Gasteiger partial charge in [-0.05, 0) is 23.8 Å². The molecule has 0 radical (unpaired) electrons. The van der Waals surface area contributed by atoms with E-state index >= 15 is 0 Å². The van der Waals surface area contributed by atoms with Crippen LogP contribution in [0.25, 0.3) is 11.1 Å². The second kappa shape index (κ2) is 5.46. The van der Waals surface area contributed by atoms with Crippen molar-refractivity contribution in [1.82, 2.24) is 0 Å². The minimum Gasteiger partial charge on any atom is -0.395 e. The molecular formula is C14H14FNO. The molecule has 0 bridgehead atoms. The zero-order chi connectivity index (χ0) is 12.1. The van der Waals surface area contributed by atoms with Crippen molar-refractivity contribution in [3.8, 4) is 11.1 Å². The van der Waals surface area contributed by atoms with Crippen molar-refractivity contribution in [2.75, 3.05) is 18.5 Å². The highest BCUT2D eigenvalue weighted by molar-refractivity contribution is 5.77. The Morgan fingerprint density at radius 3 is 2.41 bits per heavy atom. The van der Waals surface area contributed by atoms with E-state index in [0.717, 1.165) is 16.8 Å². The molecule has 17 heavy (non-hydrogen) atoms. The molecule has 0 aliphatic carbocycles. The van der Waals surface area contributed by atoms with Gasteiger partial charge < -0.3 is 10.4 Å². The van der Waals surface area contributed by atoms with Gasteiger partial charge in [-0.2, -0.15) is 0 Å². The van der Waals surface area contributed by atoms with Gasteiger partial charge in [0.1, 0.15) is 5.82 Å². The van der Waals surface area contributed by atoms with Gasteiger partial charge in [0.25, 0.3) is 0 Å². The van der Waals surface area contributed by atoms with E-state index in [-0.39, 0.29) is 12.4 Å². The second-order valence-corrected chi connectivity index (χ2v) is 3.70. The number of aliphatic hydroxyl groups is 1. The zero-order valence-electron chi connectivity index (χ0n) is 9.36. The summed E-state index contributed by atoms with van der Waals surface area (Å²) in [7, 11) is 0. The lowest BCUT2D eigenvalue weighted by Gasteiger charge is -2.11. The molecule has 0 amide bonds. The molecule has 0 heterocycles. The van der Waals surface area contributed by atoms with Gasteiger partial charge >= 0.3 is 0 Å². The minimum atomic E-state index is -0.241. The van der Waals surface area contributed by atoms with Crippen molar-refractivity contribution in [3.63, 3.8) is 0 Å². The fourth-order valence-corrected chi connectivity index (χ4v) is 1.71. The Kier molecular flexibility index (Phi) is 3.73. The maximum atomic E-state index is 12.9. The summed E-state index contributed by atoms with van der Waals surface area (Å²) >= 11 is 0. The Balaban J connectivity index is 2.33. The molecule has 0 spiro atoms. The smallest absolute Gasteiger partial charge is 0.123 e. The monoisotopic (exact) mass is 231 g/mol. The number of halogens is 1. The number of benzene rings is 2. The number of hydrogen-bond donors (Lipinski definition) is 2. The molecule has 0 atom stereocenters. The van der Waals surface area contributed by atoms with Crippen LogP contribution in [-0.2, 0) is 0 Å². The summed E-state index contributed by atoms with van der Waals surface area (Å²) in [5.74, 6) is -0.241. The average Bonchev–Trinajstić information content (AvgIpc) is 2.38. The van der Waals surface area contributed by atoms with Crippen LogP contribution >= 0.6 is 0 Å². The van der Waals surface area contributed by atoms with Crippen molar-refractivity contribution >= 4 is 5.69 Å². The molecule has 2 N–H and O–H groups in total. The molecule has 2 nitrogen and oxygen atoms in total. The quantitative estimate of drug-likeness (QED) is 0.848. The van der Waals surface area contributed by atoms with Gasteiger partial charge in [0, 0.05) is 17.8 Å². The van der Waals surface area contributed by atoms with Crippen LogP contribution in [0, 0.1) is 5.82 Å². The molecule has 0 saturated carbocycles. The lowest BCUT2D eigenvalue weighted by atomic mass is 10.0. The maximum Gasteiger partial charge on any atom is 0.123 e. The van der Waals surface area contributed by atoms with Crippen LogP contribution in [0.1, 0.15) is 0 Å². The van der Waals surface area contributed by atoms with Crippen molar-refractivity contribution in [1.29, 1.82) is 0 Å². The summed E-state index contributed by atoms with van der Waals surface area (Å²) in [5, 5.41) is 11.9. The predicted molar refractivity (Wildman–Crippen MR) is 67.4 cm³/mol. The van der Waals surface area contributed by atoms with Crippen LogP contribution in [-0.4, -0.2) is 18.3 Å². The van der Waals surface area contributed by atoms with E-state index in [9.17, 15) is 4.39 Å². The summed E-state index contributed by atoms with van der Waals surface area (Å²) in [4.78, 5) is 0. The molecule has 0 aromatic heterocycles. The molecule has 0 saturated heterocycles. The SMILES string of the molecule is OCCNc1ccccc1-c1ccc(F)cc1. The summed E-state index contributed by atoms with van der Waals surface area (Å²) in [6.07, 6.45) is 0. The first-order valence-corrected chi connectivity index (χ1v) is 5.51. The van der Waals surface area contributed by atoms with Gasteiger partial charge in [0.15, 0.2) is 0 Å². The molecule has 0 aliphatic rings. The average molecular weight is 231 g/mol. The summed E-state index contributed by atoms with van der Waals surface area (Å²) in [5.41, 5.74) is 2.89. The summed E-state index contributed by atoms with van der Waals surface area (Å²) in [6.45, 7) is 0.579. The number of anilines is 1. The molecule has 2 aromatic rings. The molecule has 0 fully saturated rings. The van der Waals surface area contributed by atoms with E-state index in [0.29, 0.717) is 6.54 Å². The van der Waals surface area contributed by atoms with E-state index in [1.807, 2.05) is 24.3 Å². The van der Waals surface area contributed by atoms with Crippen LogP contribution in [0.15, 0.2) is 48.5 Å². The molecule has 2 rings (SSSR count). The fraction of sp³-hybridized carbons (Fsp3) is 0.143. The molecule has 88 valence electrons. The van der Waals surface area contributed by atoms with Crippen LogP contribution < -0.4 is 5.32 Å². The van der Waals surface area contributed by atoms with Crippen LogP contribution in [0.4, 0.5) is 10.1 Å². The van der Waals surface area contributed by atoms with E-state index in [1.165, 1.54) is 12.1 Å². The Labute approximate surface area is 99.7 Å². The first-order valence-electron chi connectivity index (χ1n) is 5.51. The van der Waals surface area contributed by atoms with Gasteiger partial charge in [-0.1, -0.05) is 30.3 Å². The van der Waals surface area contributed by atoms with Gasteiger partial charge in [0.05, 0.1) is 6.61 Å².